The average molecular weight is 233 g/mol. The molecule has 17 heavy (non-hydrogen) atoms. The lowest BCUT2D eigenvalue weighted by molar-refractivity contribution is 0.0697. The number of carboxylic acid groups (broad SMARTS) is 1. The molecule has 1 aromatic carbocycles. The number of hydrogen-bond donors (Lipinski definition) is 1. The maximum atomic E-state index is 10.9. The Kier molecular flexibility index (Phi) is 3.67. The minimum Gasteiger partial charge on any atom is -0.478 e. The van der Waals surface area contributed by atoms with E-state index in [9.17, 15) is 4.79 Å². The zero-order valence-electron chi connectivity index (χ0n) is 10.2. The molecule has 1 fully saturated rings. The first-order chi connectivity index (χ1) is 8.18. The number of benzene rings is 1. The molecule has 1 aliphatic carbocycles. The molecule has 2 rings (SSSR count). The van der Waals surface area contributed by atoms with Crippen LogP contribution in [0.4, 0.5) is 5.69 Å². The standard InChI is InChI=1S/C14H19NO2/c1-15(12-7-3-2-4-8-12)13-9-5-6-11(10-13)14(16)17/h5-6,9-10,12H,2-4,7-8H2,1H3,(H,16,17). The minimum atomic E-state index is -0.858. The fourth-order valence-corrected chi connectivity index (χ4v) is 2.54. The van der Waals surface area contributed by atoms with E-state index in [1.807, 2.05) is 12.1 Å². The van der Waals surface area contributed by atoms with Crippen molar-refractivity contribution in [3.8, 4) is 0 Å². The van der Waals surface area contributed by atoms with Gasteiger partial charge in [-0.1, -0.05) is 25.3 Å². The minimum absolute atomic E-state index is 0.366. The summed E-state index contributed by atoms with van der Waals surface area (Å²) in [5.74, 6) is -0.858. The summed E-state index contributed by atoms with van der Waals surface area (Å²) < 4.78 is 0. The average Bonchev–Trinajstić information content (AvgIpc) is 2.39. The predicted octanol–water partition coefficient (Wildman–Crippen LogP) is 3.15. The molecule has 1 aromatic rings. The quantitative estimate of drug-likeness (QED) is 0.871. The highest BCUT2D eigenvalue weighted by atomic mass is 16.4. The molecule has 1 aliphatic rings. The highest BCUT2D eigenvalue weighted by Crippen LogP contribution is 2.26. The van der Waals surface area contributed by atoms with E-state index in [1.165, 1.54) is 32.1 Å². The molecule has 3 heteroatoms. The van der Waals surface area contributed by atoms with Gasteiger partial charge in [0.2, 0.25) is 0 Å². The van der Waals surface area contributed by atoms with Crippen molar-refractivity contribution < 1.29 is 9.90 Å². The zero-order chi connectivity index (χ0) is 12.3. The molecule has 0 aliphatic heterocycles. The lowest BCUT2D eigenvalue weighted by Crippen LogP contribution is -2.33. The molecule has 0 saturated heterocycles. The lowest BCUT2D eigenvalue weighted by Gasteiger charge is -2.33. The second-order valence-corrected chi connectivity index (χ2v) is 4.76. The third-order valence-corrected chi connectivity index (χ3v) is 3.62. The van der Waals surface area contributed by atoms with E-state index in [4.69, 9.17) is 5.11 Å². The molecule has 0 heterocycles. The third kappa shape index (κ3) is 2.78. The summed E-state index contributed by atoms with van der Waals surface area (Å²) in [7, 11) is 2.07. The SMILES string of the molecule is CN(c1cccc(C(=O)O)c1)C1CCCCC1. The van der Waals surface area contributed by atoms with Crippen LogP contribution in [0.15, 0.2) is 24.3 Å². The van der Waals surface area contributed by atoms with Crippen LogP contribution in [0, 0.1) is 0 Å². The van der Waals surface area contributed by atoms with Crippen LogP contribution < -0.4 is 4.90 Å². The lowest BCUT2D eigenvalue weighted by atomic mass is 9.94. The summed E-state index contributed by atoms with van der Waals surface area (Å²) in [6.07, 6.45) is 6.34. The fourth-order valence-electron chi connectivity index (χ4n) is 2.54. The third-order valence-electron chi connectivity index (χ3n) is 3.62. The molecule has 92 valence electrons. The van der Waals surface area contributed by atoms with Gasteiger partial charge in [-0.3, -0.25) is 0 Å². The fraction of sp³-hybridized carbons (Fsp3) is 0.500. The molecule has 0 bridgehead atoms. The topological polar surface area (TPSA) is 40.5 Å². The summed E-state index contributed by atoms with van der Waals surface area (Å²) in [6.45, 7) is 0. The van der Waals surface area contributed by atoms with E-state index < -0.39 is 5.97 Å². The number of rotatable bonds is 3. The molecular formula is C14H19NO2. The van der Waals surface area contributed by atoms with Gasteiger partial charge in [0.1, 0.15) is 0 Å². The van der Waals surface area contributed by atoms with Crippen LogP contribution in [0.25, 0.3) is 0 Å². The van der Waals surface area contributed by atoms with Gasteiger partial charge < -0.3 is 10.0 Å². The van der Waals surface area contributed by atoms with Crippen molar-refractivity contribution >= 4 is 11.7 Å². The Balaban J connectivity index is 2.14. The molecule has 0 unspecified atom stereocenters. The first kappa shape index (κ1) is 12.0. The van der Waals surface area contributed by atoms with Crippen molar-refractivity contribution in [2.75, 3.05) is 11.9 Å². The molecule has 0 spiro atoms. The first-order valence-corrected chi connectivity index (χ1v) is 6.24. The van der Waals surface area contributed by atoms with E-state index in [-0.39, 0.29) is 0 Å². The van der Waals surface area contributed by atoms with Crippen LogP contribution in [0.5, 0.6) is 0 Å². The Morgan fingerprint density at radius 1 is 1.29 bits per heavy atom. The molecule has 0 radical (unpaired) electrons. The number of hydrogen-bond acceptors (Lipinski definition) is 2. The van der Waals surface area contributed by atoms with E-state index in [0.29, 0.717) is 11.6 Å². The second-order valence-electron chi connectivity index (χ2n) is 4.76. The Labute approximate surface area is 102 Å². The molecule has 0 amide bonds. The van der Waals surface area contributed by atoms with Crippen LogP contribution in [0.1, 0.15) is 42.5 Å². The van der Waals surface area contributed by atoms with Crippen molar-refractivity contribution in [1.82, 2.24) is 0 Å². The van der Waals surface area contributed by atoms with Crippen molar-refractivity contribution in [1.29, 1.82) is 0 Å². The highest BCUT2D eigenvalue weighted by Gasteiger charge is 2.18. The van der Waals surface area contributed by atoms with Crippen LogP contribution in [-0.2, 0) is 0 Å². The summed E-state index contributed by atoms with van der Waals surface area (Å²) in [5, 5.41) is 8.98. The molecule has 0 atom stereocenters. The van der Waals surface area contributed by atoms with Gasteiger partial charge in [0.05, 0.1) is 5.56 Å². The van der Waals surface area contributed by atoms with E-state index in [1.54, 1.807) is 12.1 Å². The van der Waals surface area contributed by atoms with Crippen LogP contribution >= 0.6 is 0 Å². The van der Waals surface area contributed by atoms with Gasteiger partial charge in [-0.25, -0.2) is 4.79 Å². The highest BCUT2D eigenvalue weighted by molar-refractivity contribution is 5.88. The van der Waals surface area contributed by atoms with Crippen molar-refractivity contribution in [3.63, 3.8) is 0 Å². The van der Waals surface area contributed by atoms with E-state index in [0.717, 1.165) is 5.69 Å². The summed E-state index contributed by atoms with van der Waals surface area (Å²) >= 11 is 0. The molecule has 0 aromatic heterocycles. The van der Waals surface area contributed by atoms with Crippen molar-refractivity contribution in [2.45, 2.75) is 38.1 Å². The number of anilines is 1. The zero-order valence-corrected chi connectivity index (χ0v) is 10.2. The van der Waals surface area contributed by atoms with Crippen LogP contribution in [-0.4, -0.2) is 24.2 Å². The Hall–Kier alpha value is -1.51. The van der Waals surface area contributed by atoms with E-state index >= 15 is 0 Å². The van der Waals surface area contributed by atoms with Gasteiger partial charge in [0, 0.05) is 18.8 Å². The van der Waals surface area contributed by atoms with E-state index in [2.05, 4.69) is 11.9 Å². The Morgan fingerprint density at radius 3 is 2.65 bits per heavy atom. The van der Waals surface area contributed by atoms with Crippen molar-refractivity contribution in [2.24, 2.45) is 0 Å². The number of carboxylic acids is 1. The molecular weight excluding hydrogens is 214 g/mol. The molecule has 1 N–H and O–H groups in total. The number of nitrogens with zero attached hydrogens (tertiary/aromatic N) is 1. The maximum absolute atomic E-state index is 10.9. The van der Waals surface area contributed by atoms with Gasteiger partial charge in [-0.2, -0.15) is 0 Å². The molecule has 3 nitrogen and oxygen atoms in total. The van der Waals surface area contributed by atoms with Crippen LogP contribution in [0.3, 0.4) is 0 Å². The summed E-state index contributed by atoms with van der Waals surface area (Å²) in [5.41, 5.74) is 1.38. The number of aromatic carboxylic acids is 1. The Morgan fingerprint density at radius 2 is 2.00 bits per heavy atom. The van der Waals surface area contributed by atoms with Gasteiger partial charge in [-0.15, -0.1) is 0 Å². The summed E-state index contributed by atoms with van der Waals surface area (Å²) in [4.78, 5) is 13.2. The number of carbonyl (C=O) groups is 1. The second kappa shape index (κ2) is 5.21. The summed E-state index contributed by atoms with van der Waals surface area (Å²) in [6, 6.07) is 7.77. The van der Waals surface area contributed by atoms with Gasteiger partial charge in [0.25, 0.3) is 0 Å². The smallest absolute Gasteiger partial charge is 0.335 e. The van der Waals surface area contributed by atoms with Crippen LogP contribution in [0.2, 0.25) is 0 Å². The molecule has 1 saturated carbocycles. The normalized spacial score (nSPS) is 16.8. The van der Waals surface area contributed by atoms with Gasteiger partial charge in [0.15, 0.2) is 0 Å². The predicted molar refractivity (Wildman–Crippen MR) is 68.7 cm³/mol. The first-order valence-electron chi connectivity index (χ1n) is 6.24. The monoisotopic (exact) mass is 233 g/mol. The van der Waals surface area contributed by atoms with Crippen molar-refractivity contribution in [3.05, 3.63) is 29.8 Å². The van der Waals surface area contributed by atoms with Gasteiger partial charge >= 0.3 is 5.97 Å². The largest absolute Gasteiger partial charge is 0.478 e. The Bertz CT molecular complexity index is 397. The van der Waals surface area contributed by atoms with Gasteiger partial charge in [-0.05, 0) is 31.0 Å². The maximum Gasteiger partial charge on any atom is 0.335 e.